The van der Waals surface area contributed by atoms with Gasteiger partial charge < -0.3 is 9.47 Å². The van der Waals surface area contributed by atoms with Gasteiger partial charge >= 0.3 is 0 Å². The van der Waals surface area contributed by atoms with Gasteiger partial charge in [0.15, 0.2) is 6.29 Å². The van der Waals surface area contributed by atoms with Gasteiger partial charge in [-0.3, -0.25) is 0 Å². The van der Waals surface area contributed by atoms with Gasteiger partial charge in [0.1, 0.15) is 0 Å². The maximum Gasteiger partial charge on any atom is 0.157 e. The van der Waals surface area contributed by atoms with Crippen molar-refractivity contribution in [1.82, 2.24) is 0 Å². The first kappa shape index (κ1) is 16.2. The van der Waals surface area contributed by atoms with Gasteiger partial charge in [0.25, 0.3) is 0 Å². The molecule has 13 heavy (non-hydrogen) atoms. The van der Waals surface area contributed by atoms with Crippen molar-refractivity contribution in [3.63, 3.8) is 0 Å². The second kappa shape index (κ2) is 12.8. The molecule has 0 aliphatic carbocycles. The summed E-state index contributed by atoms with van der Waals surface area (Å²) in [5, 5.41) is 0. The first-order valence-corrected chi connectivity index (χ1v) is 4.87. The molecule has 0 saturated heterocycles. The van der Waals surface area contributed by atoms with Crippen LogP contribution in [0.25, 0.3) is 0 Å². The smallest absolute Gasteiger partial charge is 0.157 e. The molecule has 77 valence electrons. The molecule has 0 rings (SSSR count). The van der Waals surface area contributed by atoms with Crippen molar-refractivity contribution < 1.29 is 35.3 Å². The van der Waals surface area contributed by atoms with E-state index < -0.39 is 0 Å². The zero-order valence-corrected chi connectivity index (χ0v) is 12.4. The van der Waals surface area contributed by atoms with Crippen LogP contribution in [0.3, 0.4) is 0 Å². The first-order valence-electron chi connectivity index (χ1n) is 4.87. The minimum absolute atomic E-state index is 0. The van der Waals surface area contributed by atoms with Gasteiger partial charge in [-0.25, -0.2) is 0 Å². The van der Waals surface area contributed by atoms with Crippen LogP contribution in [0.15, 0.2) is 0 Å². The number of hydrogen-bond donors (Lipinski definition) is 0. The van der Waals surface area contributed by atoms with Crippen LogP contribution in [0.1, 0.15) is 39.5 Å². The fraction of sp³-hybridized carbons (Fsp3) is 0.900. The van der Waals surface area contributed by atoms with E-state index in [2.05, 4.69) is 20.8 Å². The van der Waals surface area contributed by atoms with Crippen molar-refractivity contribution in [2.45, 2.75) is 45.8 Å². The predicted molar refractivity (Wildman–Crippen MR) is 50.9 cm³/mol. The third kappa shape index (κ3) is 12.8. The molecular weight excluding hydrogens is 331 g/mol. The van der Waals surface area contributed by atoms with E-state index in [1.165, 1.54) is 0 Å². The summed E-state index contributed by atoms with van der Waals surface area (Å²) in [6.07, 6.45) is 4.21. The largest absolute Gasteiger partial charge is 0.353 e. The molecule has 0 aromatic carbocycles. The Morgan fingerprint density at radius 2 is 1.38 bits per heavy atom. The van der Waals surface area contributed by atoms with Crippen molar-refractivity contribution in [1.29, 1.82) is 0 Å². The van der Waals surface area contributed by atoms with E-state index in [9.17, 15) is 0 Å². The van der Waals surface area contributed by atoms with Crippen LogP contribution in [0.5, 0.6) is 0 Å². The molecule has 0 N–H and O–H groups in total. The zero-order chi connectivity index (χ0) is 9.23. The Morgan fingerprint density at radius 3 is 1.69 bits per heavy atom. The molecule has 0 aromatic rings. The van der Waals surface area contributed by atoms with E-state index in [4.69, 9.17) is 9.47 Å². The van der Waals surface area contributed by atoms with Crippen molar-refractivity contribution in [3.8, 4) is 0 Å². The summed E-state index contributed by atoms with van der Waals surface area (Å²) < 4.78 is 10.6. The quantitative estimate of drug-likeness (QED) is 0.380. The van der Waals surface area contributed by atoms with Crippen LogP contribution in [-0.4, -0.2) is 19.5 Å². The molecule has 1 radical (unpaired) electrons. The summed E-state index contributed by atoms with van der Waals surface area (Å²) in [5.41, 5.74) is 0. The molecule has 0 atom stereocenters. The van der Waals surface area contributed by atoms with E-state index in [0.717, 1.165) is 38.9 Å². The van der Waals surface area contributed by atoms with Crippen molar-refractivity contribution in [3.05, 3.63) is 6.92 Å². The molecular formula is C10H21HfO2. The minimum Gasteiger partial charge on any atom is -0.353 e. The van der Waals surface area contributed by atoms with Crippen molar-refractivity contribution in [2.75, 3.05) is 13.2 Å². The predicted octanol–water partition coefficient (Wildman–Crippen LogP) is 2.78. The van der Waals surface area contributed by atoms with Crippen molar-refractivity contribution in [2.24, 2.45) is 0 Å². The Kier molecular flexibility index (Phi) is 16.0. The second-order valence-corrected chi connectivity index (χ2v) is 2.88. The molecule has 0 amide bonds. The van der Waals surface area contributed by atoms with E-state index in [0.29, 0.717) is 0 Å². The van der Waals surface area contributed by atoms with E-state index in [1.807, 2.05) is 0 Å². The van der Waals surface area contributed by atoms with Gasteiger partial charge in [-0.05, 0) is 12.8 Å². The molecule has 0 aliphatic rings. The Labute approximate surface area is 101 Å². The third-order valence-corrected chi connectivity index (χ3v) is 1.60. The molecule has 2 nitrogen and oxygen atoms in total. The van der Waals surface area contributed by atoms with Crippen LogP contribution in [0.4, 0.5) is 0 Å². The van der Waals surface area contributed by atoms with Gasteiger partial charge in [0.05, 0.1) is 0 Å². The van der Waals surface area contributed by atoms with Gasteiger partial charge in [-0.2, -0.15) is 0 Å². The Morgan fingerprint density at radius 1 is 1.00 bits per heavy atom. The number of ether oxygens (including phenoxy) is 2. The van der Waals surface area contributed by atoms with Gasteiger partial charge in [0, 0.05) is 46.0 Å². The standard InChI is InChI=1S/C10H21O2.Hf/c1-4-6-8-11-10(3)12-9-7-5-2;/h10H,3-9H2,1-2H3;. The van der Waals surface area contributed by atoms with Crippen LogP contribution in [-0.2, 0) is 35.3 Å². The summed E-state index contributed by atoms with van der Waals surface area (Å²) in [6.45, 7) is 9.54. The Bertz CT molecular complexity index is 79.0. The summed E-state index contributed by atoms with van der Waals surface area (Å²) in [5.74, 6) is 0. The Balaban J connectivity index is 0. The van der Waals surface area contributed by atoms with Crippen LogP contribution in [0, 0.1) is 6.92 Å². The third-order valence-electron chi connectivity index (χ3n) is 1.60. The molecule has 0 bridgehead atoms. The second-order valence-electron chi connectivity index (χ2n) is 2.88. The van der Waals surface area contributed by atoms with E-state index in [-0.39, 0.29) is 32.1 Å². The zero-order valence-electron chi connectivity index (χ0n) is 8.84. The van der Waals surface area contributed by atoms with E-state index in [1.54, 1.807) is 0 Å². The molecule has 3 heteroatoms. The number of unbranched alkanes of at least 4 members (excludes halogenated alkanes) is 2. The fourth-order valence-electron chi connectivity index (χ4n) is 0.766. The van der Waals surface area contributed by atoms with Gasteiger partial charge in [-0.15, -0.1) is 0 Å². The van der Waals surface area contributed by atoms with Crippen molar-refractivity contribution >= 4 is 0 Å². The molecule has 0 fully saturated rings. The summed E-state index contributed by atoms with van der Waals surface area (Å²) in [4.78, 5) is 0. The molecule has 0 aromatic heterocycles. The number of hydrogen-bond acceptors (Lipinski definition) is 2. The van der Waals surface area contributed by atoms with Crippen LogP contribution < -0.4 is 0 Å². The fourth-order valence-corrected chi connectivity index (χ4v) is 0.766. The summed E-state index contributed by atoms with van der Waals surface area (Å²) >= 11 is 0. The van der Waals surface area contributed by atoms with Gasteiger partial charge in [-0.1, -0.05) is 26.7 Å². The molecule has 0 saturated carbocycles. The van der Waals surface area contributed by atoms with E-state index >= 15 is 0 Å². The molecule has 0 aliphatic heterocycles. The van der Waals surface area contributed by atoms with Crippen LogP contribution in [0.2, 0.25) is 0 Å². The number of rotatable bonds is 8. The summed E-state index contributed by atoms with van der Waals surface area (Å²) in [6, 6.07) is 0. The molecule has 0 unspecified atom stereocenters. The molecule has 0 heterocycles. The topological polar surface area (TPSA) is 18.5 Å². The SMILES string of the molecule is [CH2]C(OCCCC)OCCCC.[Hf]. The maximum absolute atomic E-state index is 5.30. The Hall–Kier alpha value is 0.790. The van der Waals surface area contributed by atoms with Gasteiger partial charge in [0.2, 0.25) is 0 Å². The first-order chi connectivity index (χ1) is 5.81. The monoisotopic (exact) mass is 353 g/mol. The summed E-state index contributed by atoms with van der Waals surface area (Å²) in [7, 11) is 0. The normalized spacial score (nSPS) is 10.2. The average Bonchev–Trinajstić information content (AvgIpc) is 2.06. The van der Waals surface area contributed by atoms with Crippen LogP contribution >= 0.6 is 0 Å². The minimum atomic E-state index is -0.275. The maximum atomic E-state index is 5.30. The average molecular weight is 352 g/mol. The molecule has 0 spiro atoms.